The summed E-state index contributed by atoms with van der Waals surface area (Å²) in [7, 11) is 2.61. The fraction of sp³-hybridized carbons (Fsp3) is 0.162. The fourth-order valence-electron chi connectivity index (χ4n) is 4.82. The first kappa shape index (κ1) is 33.1. The van der Waals surface area contributed by atoms with Crippen molar-refractivity contribution in [2.24, 2.45) is 0 Å². The highest BCUT2D eigenvalue weighted by molar-refractivity contribution is 6.15. The summed E-state index contributed by atoms with van der Waals surface area (Å²) < 4.78 is 20.6. The number of carbonyl (C=O) groups excluding carboxylic acids is 5. The van der Waals surface area contributed by atoms with Gasteiger partial charge in [-0.15, -0.1) is 0 Å². The maximum absolute atomic E-state index is 13.6. The molecular formula is C37H32N2O9. The second-order valence-corrected chi connectivity index (χ2v) is 10.7. The van der Waals surface area contributed by atoms with E-state index in [1.165, 1.54) is 19.1 Å². The predicted octanol–water partition coefficient (Wildman–Crippen LogP) is 5.39. The predicted molar refractivity (Wildman–Crippen MR) is 173 cm³/mol. The lowest BCUT2D eigenvalue weighted by molar-refractivity contribution is -0.147. The van der Waals surface area contributed by atoms with Crippen LogP contribution in [0.4, 0.5) is 4.79 Å². The van der Waals surface area contributed by atoms with Crippen molar-refractivity contribution < 1.29 is 42.9 Å². The number of amides is 3. The van der Waals surface area contributed by atoms with Crippen molar-refractivity contribution in [3.63, 3.8) is 0 Å². The van der Waals surface area contributed by atoms with Gasteiger partial charge in [-0.3, -0.25) is 14.5 Å². The van der Waals surface area contributed by atoms with Crippen LogP contribution in [-0.2, 0) is 43.6 Å². The van der Waals surface area contributed by atoms with Crippen LogP contribution < -0.4 is 4.74 Å². The summed E-state index contributed by atoms with van der Waals surface area (Å²) in [6.07, 6.45) is 1.59. The van der Waals surface area contributed by atoms with E-state index < -0.39 is 36.4 Å². The minimum absolute atomic E-state index is 0.106. The van der Waals surface area contributed by atoms with Gasteiger partial charge in [-0.25, -0.2) is 19.3 Å². The Balaban J connectivity index is 1.26. The molecule has 0 bridgehead atoms. The molecule has 4 aromatic rings. The lowest BCUT2D eigenvalue weighted by atomic mass is 10.1. The number of urea groups is 1. The Bertz CT molecular complexity index is 1820. The molecule has 3 amide bonds. The normalized spacial score (nSPS) is 13.4. The van der Waals surface area contributed by atoms with Gasteiger partial charge >= 0.3 is 23.9 Å². The number of imide groups is 1. The smallest absolute Gasteiger partial charge is 0.337 e. The highest BCUT2D eigenvalue weighted by atomic mass is 16.5. The van der Waals surface area contributed by atoms with E-state index in [0.717, 1.165) is 16.0 Å². The third-order valence-corrected chi connectivity index (χ3v) is 7.43. The molecule has 48 heavy (non-hydrogen) atoms. The molecule has 1 aliphatic rings. The lowest BCUT2D eigenvalue weighted by Crippen LogP contribution is -2.37. The van der Waals surface area contributed by atoms with Crippen molar-refractivity contribution in [1.29, 1.82) is 0 Å². The maximum atomic E-state index is 13.6. The molecule has 1 heterocycles. The Morgan fingerprint density at radius 1 is 0.646 bits per heavy atom. The van der Waals surface area contributed by atoms with Crippen LogP contribution in [0.3, 0.4) is 0 Å². The van der Waals surface area contributed by atoms with Crippen molar-refractivity contribution in [3.05, 3.63) is 142 Å². The number of nitrogens with zero attached hydrogens (tertiary/aromatic N) is 2. The summed E-state index contributed by atoms with van der Waals surface area (Å²) in [5, 5.41) is 0. The van der Waals surface area contributed by atoms with Crippen molar-refractivity contribution in [2.45, 2.75) is 19.8 Å². The monoisotopic (exact) mass is 648 g/mol. The van der Waals surface area contributed by atoms with Gasteiger partial charge in [0.25, 0.3) is 5.91 Å². The number of methoxy groups -OCH3 is 2. The van der Waals surface area contributed by atoms with E-state index in [1.807, 2.05) is 30.3 Å². The molecule has 11 nitrogen and oxygen atoms in total. The van der Waals surface area contributed by atoms with Gasteiger partial charge < -0.3 is 18.9 Å². The Kier molecular flexibility index (Phi) is 10.6. The average molecular weight is 649 g/mol. The Morgan fingerprint density at radius 2 is 1.21 bits per heavy atom. The molecule has 1 saturated heterocycles. The quantitative estimate of drug-likeness (QED) is 0.0860. The first-order valence-electron chi connectivity index (χ1n) is 14.9. The molecule has 0 N–H and O–H groups in total. The minimum Gasteiger partial charge on any atom is -0.489 e. The first-order chi connectivity index (χ1) is 23.2. The van der Waals surface area contributed by atoms with E-state index in [0.29, 0.717) is 28.0 Å². The van der Waals surface area contributed by atoms with Gasteiger partial charge in [0.05, 0.1) is 31.9 Å². The zero-order valence-corrected chi connectivity index (χ0v) is 26.3. The van der Waals surface area contributed by atoms with E-state index in [1.54, 1.807) is 78.9 Å². The lowest BCUT2D eigenvalue weighted by Gasteiger charge is -2.17. The van der Waals surface area contributed by atoms with E-state index in [4.69, 9.17) is 14.2 Å². The second kappa shape index (κ2) is 15.4. The van der Waals surface area contributed by atoms with Crippen LogP contribution >= 0.6 is 0 Å². The SMILES string of the molecule is COC(=O)c1ccc(COC(=O)CN2C(=O)/C(=C\c3ccc(OCc4ccc(C(=O)OC)cc4)cc3)N(Cc3ccccc3)C2=O)cc1. The zero-order valence-electron chi connectivity index (χ0n) is 26.3. The molecule has 0 radical (unpaired) electrons. The molecule has 11 heteroatoms. The van der Waals surface area contributed by atoms with E-state index in [9.17, 15) is 24.0 Å². The van der Waals surface area contributed by atoms with Crippen LogP contribution in [0.25, 0.3) is 6.08 Å². The molecule has 0 aliphatic carbocycles. The largest absolute Gasteiger partial charge is 0.489 e. The Morgan fingerprint density at radius 3 is 1.77 bits per heavy atom. The van der Waals surface area contributed by atoms with Gasteiger partial charge in [-0.2, -0.15) is 0 Å². The van der Waals surface area contributed by atoms with Gasteiger partial charge in [-0.05, 0) is 64.7 Å². The number of rotatable bonds is 12. The molecule has 1 aliphatic heterocycles. The number of ether oxygens (including phenoxy) is 4. The molecular weight excluding hydrogens is 616 g/mol. The second-order valence-electron chi connectivity index (χ2n) is 10.7. The first-order valence-corrected chi connectivity index (χ1v) is 14.9. The van der Waals surface area contributed by atoms with Crippen molar-refractivity contribution >= 4 is 35.9 Å². The maximum Gasteiger partial charge on any atom is 0.337 e. The summed E-state index contributed by atoms with van der Waals surface area (Å²) in [5.74, 6) is -1.73. The topological polar surface area (TPSA) is 129 Å². The van der Waals surface area contributed by atoms with E-state index >= 15 is 0 Å². The number of hydrogen-bond acceptors (Lipinski definition) is 9. The van der Waals surface area contributed by atoms with Gasteiger partial charge in [0.1, 0.15) is 31.2 Å². The van der Waals surface area contributed by atoms with Crippen molar-refractivity contribution in [2.75, 3.05) is 20.8 Å². The zero-order chi connectivity index (χ0) is 34.0. The molecule has 1 fully saturated rings. The number of hydrogen-bond donors (Lipinski definition) is 0. The van der Waals surface area contributed by atoms with Crippen LogP contribution in [-0.4, -0.2) is 60.4 Å². The summed E-state index contributed by atoms with van der Waals surface area (Å²) in [6.45, 7) is -0.303. The van der Waals surface area contributed by atoms with Crippen LogP contribution in [0.5, 0.6) is 5.75 Å². The molecule has 0 saturated carbocycles. The molecule has 244 valence electrons. The van der Waals surface area contributed by atoms with Gasteiger partial charge in [-0.1, -0.05) is 66.7 Å². The van der Waals surface area contributed by atoms with Gasteiger partial charge in [0.2, 0.25) is 0 Å². The van der Waals surface area contributed by atoms with Crippen LogP contribution in [0.1, 0.15) is 43.0 Å². The average Bonchev–Trinajstić information content (AvgIpc) is 3.33. The minimum atomic E-state index is -0.768. The van der Waals surface area contributed by atoms with Crippen LogP contribution in [0, 0.1) is 0 Å². The molecule has 5 rings (SSSR count). The van der Waals surface area contributed by atoms with E-state index in [2.05, 4.69) is 4.74 Å². The van der Waals surface area contributed by atoms with E-state index in [-0.39, 0.29) is 25.5 Å². The Hall–Kier alpha value is -6.23. The summed E-state index contributed by atoms with van der Waals surface area (Å²) in [5.41, 5.74) is 3.81. The molecule has 0 spiro atoms. The van der Waals surface area contributed by atoms with Gasteiger partial charge in [0, 0.05) is 0 Å². The summed E-state index contributed by atoms with van der Waals surface area (Å²) in [4.78, 5) is 65.3. The standard InChI is InChI=1S/C37H32N2O9/c1-45-35(42)29-14-8-27(9-15-29)23-47-31-18-12-25(13-19-31)20-32-34(41)39(37(44)38(32)21-26-6-4-3-5-7-26)22-33(40)48-24-28-10-16-30(17-11-28)36(43)46-2/h3-20H,21-24H2,1-2H3/b32-20+. The fourth-order valence-corrected chi connectivity index (χ4v) is 4.82. The van der Waals surface area contributed by atoms with Crippen molar-refractivity contribution in [1.82, 2.24) is 9.80 Å². The number of carbonyl (C=O) groups is 5. The third kappa shape index (κ3) is 8.13. The number of esters is 3. The number of benzene rings is 4. The summed E-state index contributed by atoms with van der Waals surface area (Å²) >= 11 is 0. The van der Waals surface area contributed by atoms with Crippen molar-refractivity contribution in [3.8, 4) is 5.75 Å². The van der Waals surface area contributed by atoms with Gasteiger partial charge in [0.15, 0.2) is 0 Å². The molecule has 0 aromatic heterocycles. The highest BCUT2D eigenvalue weighted by Gasteiger charge is 2.42. The van der Waals surface area contributed by atoms with Crippen LogP contribution in [0.2, 0.25) is 0 Å². The molecule has 4 aromatic carbocycles. The Labute approximate surface area is 276 Å². The van der Waals surface area contributed by atoms with Crippen LogP contribution in [0.15, 0.2) is 109 Å². The summed E-state index contributed by atoms with van der Waals surface area (Å²) in [6, 6.07) is 28.8. The molecule has 0 unspecified atom stereocenters. The third-order valence-electron chi connectivity index (χ3n) is 7.43. The highest BCUT2D eigenvalue weighted by Crippen LogP contribution is 2.27. The molecule has 0 atom stereocenters.